The maximum absolute atomic E-state index is 11.8. The monoisotopic (exact) mass is 316 g/mol. The number of pyridine rings is 1. The second-order valence-electron chi connectivity index (χ2n) is 5.94. The zero-order valence-corrected chi connectivity index (χ0v) is 13.8. The molecule has 3 heterocycles. The lowest BCUT2D eigenvalue weighted by atomic mass is 10.2. The quantitative estimate of drug-likeness (QED) is 0.781. The van der Waals surface area contributed by atoms with E-state index in [0.717, 1.165) is 44.1 Å². The number of ether oxygens (including phenoxy) is 1. The van der Waals surface area contributed by atoms with Gasteiger partial charge in [-0.25, -0.2) is 4.98 Å². The first kappa shape index (κ1) is 16.0. The number of carbonyl (C=O) groups is 1. The van der Waals surface area contributed by atoms with Crippen LogP contribution in [0.15, 0.2) is 30.6 Å². The number of piperazine rings is 1. The van der Waals surface area contributed by atoms with Crippen molar-refractivity contribution in [3.8, 4) is 0 Å². The molecule has 2 aromatic heterocycles. The summed E-state index contributed by atoms with van der Waals surface area (Å²) in [4.78, 5) is 21.0. The van der Waals surface area contributed by atoms with Crippen molar-refractivity contribution in [2.24, 2.45) is 0 Å². The fourth-order valence-corrected chi connectivity index (χ4v) is 3.01. The SMILES string of the molecule is CCOC(=O)C(C)N1CCN(Cc2cn3ccccc3n2)CC1. The predicted octanol–water partition coefficient (Wildman–Crippen LogP) is 1.40. The van der Waals surface area contributed by atoms with Crippen LogP contribution >= 0.6 is 0 Å². The van der Waals surface area contributed by atoms with Crippen molar-refractivity contribution >= 4 is 11.6 Å². The van der Waals surface area contributed by atoms with Gasteiger partial charge in [0.25, 0.3) is 0 Å². The zero-order valence-electron chi connectivity index (χ0n) is 13.8. The van der Waals surface area contributed by atoms with Gasteiger partial charge in [-0.1, -0.05) is 6.07 Å². The Balaban J connectivity index is 1.53. The van der Waals surface area contributed by atoms with Gasteiger partial charge in [-0.3, -0.25) is 14.6 Å². The van der Waals surface area contributed by atoms with Crippen molar-refractivity contribution in [1.82, 2.24) is 19.2 Å². The number of hydrogen-bond acceptors (Lipinski definition) is 5. The zero-order chi connectivity index (χ0) is 16.2. The third-order valence-electron chi connectivity index (χ3n) is 4.38. The van der Waals surface area contributed by atoms with Crippen LogP contribution in [0.4, 0.5) is 0 Å². The van der Waals surface area contributed by atoms with Gasteiger partial charge in [0.1, 0.15) is 11.7 Å². The minimum Gasteiger partial charge on any atom is -0.465 e. The average molecular weight is 316 g/mol. The van der Waals surface area contributed by atoms with Gasteiger partial charge in [-0.15, -0.1) is 0 Å². The number of esters is 1. The van der Waals surface area contributed by atoms with E-state index in [1.807, 2.05) is 38.2 Å². The van der Waals surface area contributed by atoms with E-state index < -0.39 is 0 Å². The van der Waals surface area contributed by atoms with Crippen LogP contribution in [0.25, 0.3) is 5.65 Å². The van der Waals surface area contributed by atoms with Gasteiger partial charge in [0, 0.05) is 45.1 Å². The van der Waals surface area contributed by atoms with Crippen LogP contribution in [0.5, 0.6) is 0 Å². The summed E-state index contributed by atoms with van der Waals surface area (Å²) >= 11 is 0. The Labute approximate surface area is 136 Å². The fraction of sp³-hybridized carbons (Fsp3) is 0.529. The van der Waals surface area contributed by atoms with Crippen molar-refractivity contribution in [2.75, 3.05) is 32.8 Å². The molecule has 6 nitrogen and oxygen atoms in total. The van der Waals surface area contributed by atoms with Crippen molar-refractivity contribution in [3.63, 3.8) is 0 Å². The number of fused-ring (bicyclic) bond motifs is 1. The topological polar surface area (TPSA) is 50.1 Å². The molecular weight excluding hydrogens is 292 g/mol. The lowest BCUT2D eigenvalue weighted by Crippen LogP contribution is -2.51. The fourth-order valence-electron chi connectivity index (χ4n) is 3.01. The summed E-state index contributed by atoms with van der Waals surface area (Å²) in [6.45, 7) is 8.71. The van der Waals surface area contributed by atoms with Gasteiger partial charge < -0.3 is 9.14 Å². The maximum Gasteiger partial charge on any atom is 0.323 e. The third kappa shape index (κ3) is 3.71. The average Bonchev–Trinajstić information content (AvgIpc) is 2.97. The molecule has 0 saturated carbocycles. The largest absolute Gasteiger partial charge is 0.465 e. The second kappa shape index (κ2) is 7.10. The van der Waals surface area contributed by atoms with Gasteiger partial charge in [0.2, 0.25) is 0 Å². The summed E-state index contributed by atoms with van der Waals surface area (Å²) in [5, 5.41) is 0. The van der Waals surface area contributed by atoms with Gasteiger partial charge in [0.05, 0.1) is 12.3 Å². The Kier molecular flexibility index (Phi) is 4.93. The minimum absolute atomic E-state index is 0.124. The molecule has 0 radical (unpaired) electrons. The summed E-state index contributed by atoms with van der Waals surface area (Å²) in [6.07, 6.45) is 4.10. The van der Waals surface area contributed by atoms with E-state index in [4.69, 9.17) is 4.74 Å². The number of rotatable bonds is 5. The molecule has 1 atom stereocenters. The van der Waals surface area contributed by atoms with Crippen LogP contribution in [0.1, 0.15) is 19.5 Å². The van der Waals surface area contributed by atoms with Crippen LogP contribution in [0.2, 0.25) is 0 Å². The number of hydrogen-bond donors (Lipinski definition) is 0. The number of carbonyl (C=O) groups excluding carboxylic acids is 1. The minimum atomic E-state index is -0.160. The molecule has 1 fully saturated rings. The molecule has 0 aromatic carbocycles. The molecule has 0 amide bonds. The first-order chi connectivity index (χ1) is 11.2. The molecule has 0 aliphatic carbocycles. The second-order valence-corrected chi connectivity index (χ2v) is 5.94. The maximum atomic E-state index is 11.8. The van der Waals surface area contributed by atoms with Gasteiger partial charge >= 0.3 is 5.97 Å². The van der Waals surface area contributed by atoms with E-state index in [9.17, 15) is 4.79 Å². The molecule has 2 aromatic rings. The predicted molar refractivity (Wildman–Crippen MR) is 88.1 cm³/mol. The summed E-state index contributed by atoms with van der Waals surface area (Å²) in [5.41, 5.74) is 2.07. The van der Waals surface area contributed by atoms with Gasteiger partial charge in [-0.05, 0) is 26.0 Å². The molecule has 0 N–H and O–H groups in total. The van der Waals surface area contributed by atoms with Crippen molar-refractivity contribution in [2.45, 2.75) is 26.4 Å². The number of aromatic nitrogens is 2. The van der Waals surface area contributed by atoms with Crippen molar-refractivity contribution in [3.05, 3.63) is 36.3 Å². The van der Waals surface area contributed by atoms with E-state index in [-0.39, 0.29) is 12.0 Å². The summed E-state index contributed by atoms with van der Waals surface area (Å²) in [6, 6.07) is 5.87. The number of imidazole rings is 1. The Hall–Kier alpha value is -1.92. The lowest BCUT2D eigenvalue weighted by molar-refractivity contribution is -0.149. The van der Waals surface area contributed by atoms with E-state index in [0.29, 0.717) is 6.61 Å². The number of nitrogens with zero attached hydrogens (tertiary/aromatic N) is 4. The standard InChI is InChI=1S/C17H24N4O2/c1-3-23-17(22)14(2)20-10-8-19(9-11-20)12-15-13-21-7-5-4-6-16(21)18-15/h4-7,13-14H,3,8-12H2,1-2H3. The molecule has 23 heavy (non-hydrogen) atoms. The first-order valence-electron chi connectivity index (χ1n) is 8.23. The summed E-state index contributed by atoms with van der Waals surface area (Å²) < 4.78 is 7.16. The highest BCUT2D eigenvalue weighted by Gasteiger charge is 2.26. The Morgan fingerprint density at radius 3 is 2.78 bits per heavy atom. The smallest absolute Gasteiger partial charge is 0.323 e. The lowest BCUT2D eigenvalue weighted by Gasteiger charge is -2.36. The molecule has 6 heteroatoms. The molecule has 1 unspecified atom stereocenters. The van der Waals surface area contributed by atoms with Gasteiger partial charge in [0.15, 0.2) is 0 Å². The van der Waals surface area contributed by atoms with E-state index in [1.165, 1.54) is 0 Å². The molecule has 1 aliphatic rings. The first-order valence-corrected chi connectivity index (χ1v) is 8.23. The van der Waals surface area contributed by atoms with Crippen LogP contribution in [-0.2, 0) is 16.1 Å². The highest BCUT2D eigenvalue weighted by molar-refractivity contribution is 5.75. The molecule has 124 valence electrons. The van der Waals surface area contributed by atoms with Crippen molar-refractivity contribution < 1.29 is 9.53 Å². The Bertz CT molecular complexity index is 628. The van der Waals surface area contributed by atoms with Crippen LogP contribution in [0.3, 0.4) is 0 Å². The molecule has 0 spiro atoms. The Morgan fingerprint density at radius 2 is 2.09 bits per heavy atom. The molecule has 1 saturated heterocycles. The van der Waals surface area contributed by atoms with E-state index >= 15 is 0 Å². The van der Waals surface area contributed by atoms with Gasteiger partial charge in [-0.2, -0.15) is 0 Å². The highest BCUT2D eigenvalue weighted by Crippen LogP contribution is 2.12. The highest BCUT2D eigenvalue weighted by atomic mass is 16.5. The van der Waals surface area contributed by atoms with Crippen LogP contribution < -0.4 is 0 Å². The molecule has 0 bridgehead atoms. The molecule has 1 aliphatic heterocycles. The molecular formula is C17H24N4O2. The summed E-state index contributed by atoms with van der Waals surface area (Å²) in [5.74, 6) is -0.124. The third-order valence-corrected chi connectivity index (χ3v) is 4.38. The molecule has 3 rings (SSSR count). The van der Waals surface area contributed by atoms with E-state index in [2.05, 4.69) is 25.4 Å². The van der Waals surface area contributed by atoms with Crippen LogP contribution in [-0.4, -0.2) is 64.0 Å². The van der Waals surface area contributed by atoms with Crippen molar-refractivity contribution in [1.29, 1.82) is 0 Å². The van der Waals surface area contributed by atoms with E-state index in [1.54, 1.807) is 0 Å². The normalized spacial score (nSPS) is 18.2. The van der Waals surface area contributed by atoms with Crippen LogP contribution in [0, 0.1) is 0 Å². The Morgan fingerprint density at radius 1 is 1.30 bits per heavy atom. The summed E-state index contributed by atoms with van der Waals surface area (Å²) in [7, 11) is 0.